The van der Waals surface area contributed by atoms with Crippen LogP contribution < -0.4 is 16.2 Å². The number of nitrogens with two attached hydrogens (primary N) is 2. The van der Waals surface area contributed by atoms with Gasteiger partial charge in [-0.3, -0.25) is 19.7 Å². The first-order valence-electron chi connectivity index (χ1n) is 12.7. The van der Waals surface area contributed by atoms with Gasteiger partial charge < -0.3 is 16.2 Å². The molecule has 8 nitrogen and oxygen atoms in total. The minimum Gasteiger partial charge on any atom is -0.487 e. The predicted molar refractivity (Wildman–Crippen MR) is 143 cm³/mol. The molecular formula is C28H38N6O2. The molecule has 0 radical (unpaired) electrons. The van der Waals surface area contributed by atoms with Gasteiger partial charge in [0, 0.05) is 24.4 Å². The van der Waals surface area contributed by atoms with E-state index in [1.807, 2.05) is 56.4 Å². The Morgan fingerprint density at radius 1 is 1.22 bits per heavy atom. The molecule has 2 aliphatic heterocycles. The molecule has 1 saturated carbocycles. The van der Waals surface area contributed by atoms with E-state index in [-0.39, 0.29) is 29.1 Å². The third-order valence-electron chi connectivity index (χ3n) is 7.18. The predicted octanol–water partition coefficient (Wildman–Crippen LogP) is 4.52. The number of aromatic nitrogens is 1. The van der Waals surface area contributed by atoms with Crippen molar-refractivity contribution in [2.45, 2.75) is 83.0 Å². The lowest BCUT2D eigenvalue weighted by atomic mass is 9.90. The maximum Gasteiger partial charge on any atom is 0.232 e. The number of pyridine rings is 1. The number of ether oxygens (including phenoxy) is 1. The molecule has 1 fully saturated rings. The molecule has 2 aromatic rings. The Balaban J connectivity index is 0.000000179. The van der Waals surface area contributed by atoms with Gasteiger partial charge in [-0.2, -0.15) is 0 Å². The Morgan fingerprint density at radius 3 is 2.58 bits per heavy atom. The summed E-state index contributed by atoms with van der Waals surface area (Å²) in [7, 11) is 0. The molecule has 3 atom stereocenters. The van der Waals surface area contributed by atoms with Crippen LogP contribution in [0.1, 0.15) is 83.0 Å². The highest BCUT2D eigenvalue weighted by atomic mass is 16.5. The topological polar surface area (TPSA) is 119 Å². The quantitative estimate of drug-likeness (QED) is 0.472. The normalized spacial score (nSPS) is 25.8. The maximum atomic E-state index is 12.7. The van der Waals surface area contributed by atoms with Crippen molar-refractivity contribution in [2.24, 2.45) is 27.4 Å². The molecule has 5 rings (SSSR count). The number of carbonyl (C=O) groups is 1. The number of fused-ring (bicyclic) bond motifs is 1. The van der Waals surface area contributed by atoms with Gasteiger partial charge >= 0.3 is 0 Å². The van der Waals surface area contributed by atoms with Crippen LogP contribution in [-0.4, -0.2) is 39.2 Å². The molecule has 0 spiro atoms. The molecule has 36 heavy (non-hydrogen) atoms. The average molecular weight is 491 g/mol. The second-order valence-electron chi connectivity index (χ2n) is 10.7. The number of carbonyl (C=O) groups excluding carboxylic acids is 1. The minimum atomic E-state index is -0.360. The van der Waals surface area contributed by atoms with Gasteiger partial charge in [0.05, 0.1) is 30.4 Å². The third-order valence-corrected chi connectivity index (χ3v) is 7.18. The zero-order valence-corrected chi connectivity index (χ0v) is 21.7. The molecule has 1 aromatic carbocycles. The standard InChI is InChI=1S/C16H22N4O.C12H16N2O/c1-3-16(2)9-13(21)20(15(17)19-16)14(11-6-7-11)12-5-4-8-18-10-12;1-12(2)7-10(14-8-13)9-5-3-4-6-11(9)15-12/h4-5,8,10-11,14H,3,6-7,9H2,1-2H3,(H2,17,19);3-6,8,10H,7H2,1-2H3,(H2,13,14)/t14?,16-;10-/m10/s1. The summed E-state index contributed by atoms with van der Waals surface area (Å²) in [5.41, 5.74) is 13.2. The van der Waals surface area contributed by atoms with Gasteiger partial charge in [-0.05, 0) is 63.6 Å². The number of nitrogens with zero attached hydrogens (tertiary/aromatic N) is 4. The second-order valence-corrected chi connectivity index (χ2v) is 10.7. The van der Waals surface area contributed by atoms with E-state index >= 15 is 0 Å². The van der Waals surface area contributed by atoms with E-state index in [2.05, 4.69) is 28.8 Å². The summed E-state index contributed by atoms with van der Waals surface area (Å²) in [6.07, 6.45) is 9.31. The smallest absolute Gasteiger partial charge is 0.232 e. The van der Waals surface area contributed by atoms with E-state index in [4.69, 9.17) is 16.2 Å². The summed E-state index contributed by atoms with van der Waals surface area (Å²) in [6, 6.07) is 12.0. The molecule has 4 N–H and O–H groups in total. The highest BCUT2D eigenvalue weighted by molar-refractivity contribution is 5.99. The number of hydrogen-bond donors (Lipinski definition) is 2. The molecular weight excluding hydrogens is 452 g/mol. The van der Waals surface area contributed by atoms with Crippen molar-refractivity contribution in [1.82, 2.24) is 9.88 Å². The molecule has 0 bridgehead atoms. The second kappa shape index (κ2) is 10.3. The van der Waals surface area contributed by atoms with E-state index in [1.54, 1.807) is 11.1 Å². The summed E-state index contributed by atoms with van der Waals surface area (Å²) in [5, 5.41) is 0. The van der Waals surface area contributed by atoms with Crippen LogP contribution >= 0.6 is 0 Å². The summed E-state index contributed by atoms with van der Waals surface area (Å²) in [5.74, 6) is 1.83. The van der Waals surface area contributed by atoms with Crippen LogP contribution in [0.2, 0.25) is 0 Å². The molecule has 192 valence electrons. The van der Waals surface area contributed by atoms with Gasteiger partial charge in [0.2, 0.25) is 5.91 Å². The zero-order chi connectivity index (χ0) is 25.9. The molecule has 1 unspecified atom stereocenters. The van der Waals surface area contributed by atoms with E-state index in [9.17, 15) is 4.79 Å². The summed E-state index contributed by atoms with van der Waals surface area (Å²) < 4.78 is 5.88. The monoisotopic (exact) mass is 490 g/mol. The van der Waals surface area contributed by atoms with Gasteiger partial charge in [0.25, 0.3) is 0 Å². The number of rotatable bonds is 5. The van der Waals surface area contributed by atoms with Crippen LogP contribution in [0.5, 0.6) is 5.75 Å². The number of aliphatic imine (C=N–C) groups is 2. The van der Waals surface area contributed by atoms with Gasteiger partial charge in [-0.1, -0.05) is 31.2 Å². The van der Waals surface area contributed by atoms with Gasteiger partial charge in [0.15, 0.2) is 5.96 Å². The van der Waals surface area contributed by atoms with Gasteiger partial charge in [-0.15, -0.1) is 0 Å². The third kappa shape index (κ3) is 5.69. The highest BCUT2D eigenvalue weighted by Gasteiger charge is 2.44. The fourth-order valence-corrected chi connectivity index (χ4v) is 5.01. The number of guanidine groups is 1. The van der Waals surface area contributed by atoms with Crippen LogP contribution in [-0.2, 0) is 4.79 Å². The summed E-state index contributed by atoms with van der Waals surface area (Å²) in [6.45, 7) is 8.18. The Bertz CT molecular complexity index is 1130. The highest BCUT2D eigenvalue weighted by Crippen LogP contribution is 2.46. The lowest BCUT2D eigenvalue weighted by Crippen LogP contribution is -2.52. The molecule has 1 aromatic heterocycles. The van der Waals surface area contributed by atoms with Crippen molar-refractivity contribution in [3.05, 3.63) is 59.9 Å². The van der Waals surface area contributed by atoms with Crippen molar-refractivity contribution in [2.75, 3.05) is 0 Å². The fourth-order valence-electron chi connectivity index (χ4n) is 5.01. The Kier molecular flexibility index (Phi) is 7.33. The van der Waals surface area contributed by atoms with E-state index in [0.717, 1.165) is 42.6 Å². The lowest BCUT2D eigenvalue weighted by molar-refractivity contribution is -0.131. The van der Waals surface area contributed by atoms with Crippen LogP contribution in [0.3, 0.4) is 0 Å². The van der Waals surface area contributed by atoms with Crippen LogP contribution in [0, 0.1) is 5.92 Å². The van der Waals surface area contributed by atoms with Crippen LogP contribution in [0.15, 0.2) is 58.8 Å². The molecule has 8 heteroatoms. The van der Waals surface area contributed by atoms with Crippen molar-refractivity contribution >= 4 is 18.2 Å². The first-order chi connectivity index (χ1) is 17.2. The number of amides is 1. The SMILES string of the molecule is CC1(C)C[C@H](N=CN)c2ccccc2O1.CC[C@]1(C)CC(=O)N(C(c2cccnc2)C2CC2)C(N)=N1. The first kappa shape index (κ1) is 25.7. The first-order valence-corrected chi connectivity index (χ1v) is 12.7. The fraction of sp³-hybridized carbons (Fsp3) is 0.500. The molecule has 3 aliphatic rings. The van der Waals surface area contributed by atoms with E-state index in [1.165, 1.54) is 6.34 Å². The van der Waals surface area contributed by atoms with Gasteiger partial charge in [-0.25, -0.2) is 4.99 Å². The largest absolute Gasteiger partial charge is 0.487 e. The minimum absolute atomic E-state index is 0.0173. The summed E-state index contributed by atoms with van der Waals surface area (Å²) in [4.78, 5) is 27.5. The zero-order valence-electron chi connectivity index (χ0n) is 21.7. The Morgan fingerprint density at radius 2 is 1.97 bits per heavy atom. The number of hydrogen-bond acceptors (Lipinski definition) is 6. The van der Waals surface area contributed by atoms with Crippen LogP contribution in [0.4, 0.5) is 0 Å². The number of benzene rings is 1. The van der Waals surface area contributed by atoms with E-state index < -0.39 is 0 Å². The van der Waals surface area contributed by atoms with Crippen molar-refractivity contribution in [3.8, 4) is 5.75 Å². The van der Waals surface area contributed by atoms with Gasteiger partial charge in [0.1, 0.15) is 11.4 Å². The molecule has 1 aliphatic carbocycles. The maximum absolute atomic E-state index is 12.7. The van der Waals surface area contributed by atoms with E-state index in [0.29, 0.717) is 18.3 Å². The van der Waals surface area contributed by atoms with Crippen LogP contribution in [0.25, 0.3) is 0 Å². The van der Waals surface area contributed by atoms with Crippen molar-refractivity contribution in [3.63, 3.8) is 0 Å². The lowest BCUT2D eigenvalue weighted by Gasteiger charge is -2.39. The molecule has 0 saturated heterocycles. The molecule has 1 amide bonds. The molecule has 3 heterocycles. The average Bonchev–Trinajstić information content (AvgIpc) is 3.67. The summed E-state index contributed by atoms with van der Waals surface area (Å²) >= 11 is 0. The Labute approximate surface area is 213 Å². The van der Waals surface area contributed by atoms with Crippen molar-refractivity contribution < 1.29 is 9.53 Å². The Hall–Kier alpha value is -3.42. The van der Waals surface area contributed by atoms with Crippen molar-refractivity contribution in [1.29, 1.82) is 0 Å². The number of para-hydroxylation sites is 1.